The molecular formula is C16H31CuO2Zn+3. The van der Waals surface area contributed by atoms with Crippen molar-refractivity contribution in [2.24, 2.45) is 0 Å². The second-order valence-electron chi connectivity index (χ2n) is 5.36. The molecule has 0 aliphatic heterocycles. The molecule has 0 rings (SSSR count). The van der Waals surface area contributed by atoms with E-state index in [9.17, 15) is 9.90 Å². The fraction of sp³-hybridized carbons (Fsp3) is 0.938. The third-order valence-corrected chi connectivity index (χ3v) is 3.48. The van der Waals surface area contributed by atoms with Gasteiger partial charge in [-0.05, 0) is 12.8 Å². The summed E-state index contributed by atoms with van der Waals surface area (Å²) in [7, 11) is 0. The molecule has 0 N–H and O–H groups in total. The summed E-state index contributed by atoms with van der Waals surface area (Å²) in [6, 6.07) is 0. The van der Waals surface area contributed by atoms with Crippen molar-refractivity contribution in [2.45, 2.75) is 96.8 Å². The smallest absolute Gasteiger partial charge is 0.550 e. The van der Waals surface area contributed by atoms with Gasteiger partial charge < -0.3 is 9.90 Å². The molecule has 0 unspecified atom stereocenters. The summed E-state index contributed by atoms with van der Waals surface area (Å²) in [5, 5.41) is 10.2. The Balaban J connectivity index is -0.00000144. The average Bonchev–Trinajstić information content (AvgIpc) is 2.34. The molecule has 1 radical (unpaired) electrons. The Morgan fingerprint density at radius 2 is 1.00 bits per heavy atom. The van der Waals surface area contributed by atoms with E-state index >= 15 is 0 Å². The van der Waals surface area contributed by atoms with Crippen LogP contribution in [-0.4, -0.2) is 5.97 Å². The van der Waals surface area contributed by atoms with Crippen molar-refractivity contribution < 1.29 is 46.4 Å². The van der Waals surface area contributed by atoms with Gasteiger partial charge in [-0.3, -0.25) is 0 Å². The van der Waals surface area contributed by atoms with Crippen LogP contribution in [0.2, 0.25) is 0 Å². The van der Waals surface area contributed by atoms with Gasteiger partial charge in [0, 0.05) is 5.97 Å². The second-order valence-corrected chi connectivity index (χ2v) is 5.36. The fourth-order valence-electron chi connectivity index (χ4n) is 2.29. The van der Waals surface area contributed by atoms with Crippen LogP contribution in [0.5, 0.6) is 0 Å². The number of hydrogen-bond donors (Lipinski definition) is 0. The predicted molar refractivity (Wildman–Crippen MR) is 75.3 cm³/mol. The minimum absolute atomic E-state index is 0. The van der Waals surface area contributed by atoms with Gasteiger partial charge in [-0.15, -0.1) is 0 Å². The zero-order valence-electron chi connectivity index (χ0n) is 13.2. The van der Waals surface area contributed by atoms with Crippen molar-refractivity contribution in [3.63, 3.8) is 0 Å². The molecule has 117 valence electrons. The summed E-state index contributed by atoms with van der Waals surface area (Å²) in [5.74, 6) is -0.905. The molecule has 0 atom stereocenters. The van der Waals surface area contributed by atoms with E-state index < -0.39 is 5.97 Å². The van der Waals surface area contributed by atoms with Crippen LogP contribution in [0.25, 0.3) is 0 Å². The summed E-state index contributed by atoms with van der Waals surface area (Å²) < 4.78 is 0. The van der Waals surface area contributed by atoms with Crippen LogP contribution >= 0.6 is 0 Å². The summed E-state index contributed by atoms with van der Waals surface area (Å²) in [6.45, 7) is 2.26. The monoisotopic (exact) mass is 382 g/mol. The first kappa shape index (κ1) is 25.6. The maximum atomic E-state index is 10.2. The van der Waals surface area contributed by atoms with Gasteiger partial charge in [0.15, 0.2) is 0 Å². The summed E-state index contributed by atoms with van der Waals surface area (Å²) in [5.41, 5.74) is 0. The molecular weight excluding hydrogens is 353 g/mol. The molecule has 4 heteroatoms. The van der Waals surface area contributed by atoms with Crippen LogP contribution < -0.4 is 5.11 Å². The van der Waals surface area contributed by atoms with Crippen molar-refractivity contribution in [3.8, 4) is 0 Å². The molecule has 0 aliphatic carbocycles. The Morgan fingerprint density at radius 3 is 1.30 bits per heavy atom. The third-order valence-electron chi connectivity index (χ3n) is 3.48. The zero-order chi connectivity index (χ0) is 13.5. The number of carbonyl (C=O) groups excluding carboxylic acids is 1. The number of hydrogen-bond acceptors (Lipinski definition) is 2. The Bertz CT molecular complexity index is 189. The Morgan fingerprint density at radius 1 is 0.700 bits per heavy atom. The van der Waals surface area contributed by atoms with E-state index in [0.29, 0.717) is 0 Å². The van der Waals surface area contributed by atoms with Crippen LogP contribution in [0.1, 0.15) is 96.8 Å². The molecule has 0 spiro atoms. The standard InChI is InChI=1S/C16H32O2.Cu.Zn/c1-2-3-4-5-6-7-8-9-10-11-12-13-14-15-16(17)18;;/h2-15H2,1H3,(H,17,18);;/q;2*+2/p-1. The quantitative estimate of drug-likeness (QED) is 0.332. The maximum absolute atomic E-state index is 10.2. The van der Waals surface area contributed by atoms with Gasteiger partial charge in [0.2, 0.25) is 0 Å². The third kappa shape index (κ3) is 23.7. The van der Waals surface area contributed by atoms with Crippen molar-refractivity contribution >= 4 is 5.97 Å². The van der Waals surface area contributed by atoms with Crippen LogP contribution in [-0.2, 0) is 41.3 Å². The second kappa shape index (κ2) is 21.9. The number of carboxylic acid groups (broad SMARTS) is 1. The average molecular weight is 384 g/mol. The molecule has 0 aromatic carbocycles. The largest absolute Gasteiger partial charge is 2.00 e. The first-order valence-electron chi connectivity index (χ1n) is 7.97. The Hall–Kier alpha value is 0.613. The summed E-state index contributed by atoms with van der Waals surface area (Å²) in [4.78, 5) is 10.2. The number of carbonyl (C=O) groups is 1. The minimum atomic E-state index is -0.905. The SMILES string of the molecule is CCCCCCCCCCCCCCCC(=O)[O-].[Cu+2].[Zn+2]. The van der Waals surface area contributed by atoms with Crippen LogP contribution in [0.4, 0.5) is 0 Å². The molecule has 0 fully saturated rings. The maximum Gasteiger partial charge on any atom is 2.00 e. The van der Waals surface area contributed by atoms with Gasteiger partial charge in [0.1, 0.15) is 0 Å². The van der Waals surface area contributed by atoms with Crippen LogP contribution in [0.15, 0.2) is 0 Å². The zero-order valence-corrected chi connectivity index (χ0v) is 17.1. The van der Waals surface area contributed by atoms with Gasteiger partial charge >= 0.3 is 36.5 Å². The van der Waals surface area contributed by atoms with E-state index in [-0.39, 0.29) is 43.0 Å². The molecule has 0 aromatic rings. The van der Waals surface area contributed by atoms with Crippen molar-refractivity contribution in [1.29, 1.82) is 0 Å². The molecule has 2 nitrogen and oxygen atoms in total. The fourth-order valence-corrected chi connectivity index (χ4v) is 2.29. The van der Waals surface area contributed by atoms with E-state index in [4.69, 9.17) is 0 Å². The van der Waals surface area contributed by atoms with Gasteiger partial charge in [-0.1, -0.05) is 84.0 Å². The molecule has 0 saturated carbocycles. The van der Waals surface area contributed by atoms with Gasteiger partial charge in [-0.25, -0.2) is 0 Å². The summed E-state index contributed by atoms with van der Waals surface area (Å²) >= 11 is 0. The molecule has 0 bridgehead atoms. The summed E-state index contributed by atoms with van der Waals surface area (Å²) in [6.07, 6.45) is 16.9. The van der Waals surface area contributed by atoms with Gasteiger partial charge in [-0.2, -0.15) is 0 Å². The molecule has 0 saturated heterocycles. The minimum Gasteiger partial charge on any atom is -0.550 e. The van der Waals surface area contributed by atoms with Crippen molar-refractivity contribution in [2.75, 3.05) is 0 Å². The van der Waals surface area contributed by atoms with E-state index in [2.05, 4.69) is 6.92 Å². The molecule has 0 aromatic heterocycles. The molecule has 0 heterocycles. The first-order chi connectivity index (χ1) is 8.77. The Kier molecular flexibility index (Phi) is 28.0. The molecule has 0 aliphatic rings. The van der Waals surface area contributed by atoms with Gasteiger partial charge in [0.05, 0.1) is 0 Å². The van der Waals surface area contributed by atoms with E-state index in [1.54, 1.807) is 0 Å². The van der Waals surface area contributed by atoms with Crippen LogP contribution in [0, 0.1) is 0 Å². The predicted octanol–water partition coefficient (Wildman–Crippen LogP) is 4.21. The van der Waals surface area contributed by atoms with Crippen molar-refractivity contribution in [3.05, 3.63) is 0 Å². The first-order valence-corrected chi connectivity index (χ1v) is 7.97. The van der Waals surface area contributed by atoms with Gasteiger partial charge in [0.25, 0.3) is 0 Å². The molecule has 20 heavy (non-hydrogen) atoms. The number of carboxylic acids is 1. The number of aliphatic carboxylic acids is 1. The van der Waals surface area contributed by atoms with E-state index in [1.165, 1.54) is 70.6 Å². The van der Waals surface area contributed by atoms with Crippen molar-refractivity contribution in [1.82, 2.24) is 0 Å². The normalized spacial score (nSPS) is 9.65. The topological polar surface area (TPSA) is 40.1 Å². The molecule has 0 amide bonds. The van der Waals surface area contributed by atoms with E-state index in [0.717, 1.165) is 12.8 Å². The number of rotatable bonds is 14. The number of unbranched alkanes of at least 4 members (excludes halogenated alkanes) is 12. The van der Waals surface area contributed by atoms with E-state index in [1.807, 2.05) is 0 Å². The Labute approximate surface area is 149 Å². The van der Waals surface area contributed by atoms with Crippen LogP contribution in [0.3, 0.4) is 0 Å².